The van der Waals surface area contributed by atoms with Crippen LogP contribution in [0.1, 0.15) is 11.5 Å². The molecule has 0 saturated carbocycles. The first-order valence-electron chi connectivity index (χ1n) is 7.98. The molecule has 4 aromatic rings. The first kappa shape index (κ1) is 18.0. The van der Waals surface area contributed by atoms with Gasteiger partial charge in [0.1, 0.15) is 6.33 Å². The van der Waals surface area contributed by atoms with E-state index < -0.39 is 0 Å². The molecule has 136 valence electrons. The fourth-order valence-electron chi connectivity index (χ4n) is 2.39. The maximum atomic E-state index is 6.22. The molecule has 0 aliphatic heterocycles. The highest BCUT2D eigenvalue weighted by Gasteiger charge is 2.13. The number of benzene rings is 2. The van der Waals surface area contributed by atoms with E-state index in [-0.39, 0.29) is 0 Å². The SMILES string of the molecule is Cc1ccc(-n2cnnc2SCc2nc(-c3ccc(Cl)cc3)no2)cc1Cl. The average Bonchev–Trinajstić information content (AvgIpc) is 3.32. The highest BCUT2D eigenvalue weighted by atomic mass is 35.5. The summed E-state index contributed by atoms with van der Waals surface area (Å²) in [6.45, 7) is 1.96. The van der Waals surface area contributed by atoms with Gasteiger partial charge in [0.2, 0.25) is 11.7 Å². The fraction of sp³-hybridized carbons (Fsp3) is 0.111. The number of hydrogen-bond donors (Lipinski definition) is 0. The Balaban J connectivity index is 1.49. The quantitative estimate of drug-likeness (QED) is 0.414. The van der Waals surface area contributed by atoms with Crippen LogP contribution in [0.15, 0.2) is 58.5 Å². The van der Waals surface area contributed by atoms with E-state index in [1.807, 2.05) is 41.8 Å². The van der Waals surface area contributed by atoms with Crippen molar-refractivity contribution in [3.8, 4) is 17.1 Å². The summed E-state index contributed by atoms with van der Waals surface area (Å²) in [5.41, 5.74) is 2.76. The van der Waals surface area contributed by atoms with Gasteiger partial charge >= 0.3 is 0 Å². The van der Waals surface area contributed by atoms with Gasteiger partial charge in [-0.25, -0.2) is 0 Å². The number of hydrogen-bond acceptors (Lipinski definition) is 6. The predicted octanol–water partition coefficient (Wildman–Crippen LogP) is 5.22. The number of aromatic nitrogens is 5. The van der Waals surface area contributed by atoms with Crippen molar-refractivity contribution in [2.45, 2.75) is 17.8 Å². The molecule has 0 atom stereocenters. The topological polar surface area (TPSA) is 69.6 Å². The van der Waals surface area contributed by atoms with Crippen LogP contribution in [0.25, 0.3) is 17.1 Å². The average molecular weight is 418 g/mol. The van der Waals surface area contributed by atoms with Gasteiger partial charge in [-0.1, -0.05) is 46.2 Å². The van der Waals surface area contributed by atoms with Gasteiger partial charge < -0.3 is 4.52 Å². The van der Waals surface area contributed by atoms with Gasteiger partial charge in [0.05, 0.1) is 11.4 Å². The summed E-state index contributed by atoms with van der Waals surface area (Å²) in [7, 11) is 0. The highest BCUT2D eigenvalue weighted by molar-refractivity contribution is 7.98. The third kappa shape index (κ3) is 4.00. The number of halogens is 2. The molecule has 27 heavy (non-hydrogen) atoms. The summed E-state index contributed by atoms with van der Waals surface area (Å²) in [6.07, 6.45) is 1.65. The Bertz CT molecular complexity index is 1080. The summed E-state index contributed by atoms with van der Waals surface area (Å²) in [5.74, 6) is 1.49. The molecule has 0 N–H and O–H groups in total. The van der Waals surface area contributed by atoms with Crippen LogP contribution in [0.3, 0.4) is 0 Å². The predicted molar refractivity (Wildman–Crippen MR) is 105 cm³/mol. The molecular formula is C18H13Cl2N5OS. The van der Waals surface area contributed by atoms with Crippen LogP contribution in [0, 0.1) is 6.92 Å². The Labute approximate surface area is 169 Å². The molecule has 2 heterocycles. The molecule has 2 aromatic heterocycles. The zero-order valence-electron chi connectivity index (χ0n) is 14.1. The van der Waals surface area contributed by atoms with E-state index in [0.717, 1.165) is 16.8 Å². The van der Waals surface area contributed by atoms with E-state index >= 15 is 0 Å². The summed E-state index contributed by atoms with van der Waals surface area (Å²) in [6, 6.07) is 13.1. The minimum atomic E-state index is 0.471. The third-order valence-corrected chi connectivity index (χ3v) is 5.43. The van der Waals surface area contributed by atoms with Crippen molar-refractivity contribution >= 4 is 35.0 Å². The van der Waals surface area contributed by atoms with Crippen LogP contribution >= 0.6 is 35.0 Å². The number of aryl methyl sites for hydroxylation is 1. The molecule has 0 radical (unpaired) electrons. The molecule has 0 unspecified atom stereocenters. The van der Waals surface area contributed by atoms with Crippen LogP contribution in [0.4, 0.5) is 0 Å². The summed E-state index contributed by atoms with van der Waals surface area (Å²) in [5, 5.41) is 14.2. The third-order valence-electron chi connectivity index (χ3n) is 3.85. The van der Waals surface area contributed by atoms with Crippen LogP contribution in [-0.2, 0) is 5.75 Å². The second-order valence-corrected chi connectivity index (χ2v) is 7.51. The maximum absolute atomic E-state index is 6.22. The largest absolute Gasteiger partial charge is 0.338 e. The van der Waals surface area contributed by atoms with Crippen molar-refractivity contribution < 1.29 is 4.52 Å². The minimum Gasteiger partial charge on any atom is -0.338 e. The zero-order chi connectivity index (χ0) is 18.8. The molecule has 0 fully saturated rings. The zero-order valence-corrected chi connectivity index (χ0v) is 16.5. The van der Waals surface area contributed by atoms with Crippen molar-refractivity contribution in [3.05, 3.63) is 70.3 Å². The van der Waals surface area contributed by atoms with Crippen LogP contribution in [0.5, 0.6) is 0 Å². The first-order valence-corrected chi connectivity index (χ1v) is 9.72. The normalized spacial score (nSPS) is 11.1. The number of rotatable bonds is 5. The van der Waals surface area contributed by atoms with Gasteiger partial charge in [0.15, 0.2) is 5.16 Å². The van der Waals surface area contributed by atoms with Gasteiger partial charge in [0, 0.05) is 15.6 Å². The maximum Gasteiger partial charge on any atom is 0.237 e. The molecule has 6 nitrogen and oxygen atoms in total. The Morgan fingerprint density at radius 3 is 2.70 bits per heavy atom. The van der Waals surface area contributed by atoms with E-state index in [2.05, 4.69) is 20.3 Å². The standard InChI is InChI=1S/C18H13Cl2N5OS/c1-11-2-7-14(8-15(11)20)25-10-21-23-18(25)27-9-16-22-17(24-26-16)12-3-5-13(19)6-4-12/h2-8,10H,9H2,1H3. The van der Waals surface area contributed by atoms with Crippen LogP contribution in [-0.4, -0.2) is 24.9 Å². The molecule has 0 saturated heterocycles. The number of nitrogens with zero attached hydrogens (tertiary/aromatic N) is 5. The van der Waals surface area contributed by atoms with E-state index in [1.165, 1.54) is 11.8 Å². The lowest BCUT2D eigenvalue weighted by atomic mass is 10.2. The Hall–Kier alpha value is -2.35. The van der Waals surface area contributed by atoms with Crippen molar-refractivity contribution in [3.63, 3.8) is 0 Å². The van der Waals surface area contributed by atoms with E-state index in [1.54, 1.807) is 18.5 Å². The Kier molecular flexibility index (Phi) is 5.15. The molecule has 0 aliphatic carbocycles. The summed E-state index contributed by atoms with van der Waals surface area (Å²) < 4.78 is 7.20. The smallest absolute Gasteiger partial charge is 0.237 e. The fourth-order valence-corrected chi connectivity index (χ4v) is 3.45. The van der Waals surface area contributed by atoms with Gasteiger partial charge in [-0.05, 0) is 48.9 Å². The molecule has 9 heteroatoms. The van der Waals surface area contributed by atoms with Crippen molar-refractivity contribution in [2.75, 3.05) is 0 Å². The second-order valence-electron chi connectivity index (χ2n) is 5.72. The lowest BCUT2D eigenvalue weighted by Gasteiger charge is -2.07. The monoisotopic (exact) mass is 417 g/mol. The molecule has 4 rings (SSSR count). The van der Waals surface area contributed by atoms with Crippen LogP contribution in [0.2, 0.25) is 10.0 Å². The molecular weight excluding hydrogens is 405 g/mol. The molecule has 0 bridgehead atoms. The van der Waals surface area contributed by atoms with E-state index in [4.69, 9.17) is 27.7 Å². The van der Waals surface area contributed by atoms with Gasteiger partial charge in [-0.3, -0.25) is 4.57 Å². The summed E-state index contributed by atoms with van der Waals surface area (Å²) >= 11 is 13.6. The van der Waals surface area contributed by atoms with Gasteiger partial charge in [-0.15, -0.1) is 10.2 Å². The molecule has 0 spiro atoms. The Morgan fingerprint density at radius 1 is 1.11 bits per heavy atom. The highest BCUT2D eigenvalue weighted by Crippen LogP contribution is 2.26. The van der Waals surface area contributed by atoms with Crippen molar-refractivity contribution in [1.29, 1.82) is 0 Å². The van der Waals surface area contributed by atoms with Gasteiger partial charge in [0.25, 0.3) is 0 Å². The van der Waals surface area contributed by atoms with Crippen LogP contribution < -0.4 is 0 Å². The van der Waals surface area contributed by atoms with E-state index in [0.29, 0.717) is 32.7 Å². The van der Waals surface area contributed by atoms with Crippen molar-refractivity contribution in [1.82, 2.24) is 24.9 Å². The van der Waals surface area contributed by atoms with Gasteiger partial charge in [-0.2, -0.15) is 4.98 Å². The second kappa shape index (κ2) is 7.72. The van der Waals surface area contributed by atoms with Crippen molar-refractivity contribution in [2.24, 2.45) is 0 Å². The first-order chi connectivity index (χ1) is 13.1. The molecule has 0 amide bonds. The lowest BCUT2D eigenvalue weighted by Crippen LogP contribution is -1.96. The lowest BCUT2D eigenvalue weighted by molar-refractivity contribution is 0.391. The number of thioether (sulfide) groups is 1. The molecule has 2 aromatic carbocycles. The minimum absolute atomic E-state index is 0.471. The Morgan fingerprint density at radius 2 is 1.93 bits per heavy atom. The summed E-state index contributed by atoms with van der Waals surface area (Å²) in [4.78, 5) is 4.42. The van der Waals surface area contributed by atoms with E-state index in [9.17, 15) is 0 Å². The molecule has 0 aliphatic rings.